The molecule has 0 spiro atoms. The summed E-state index contributed by atoms with van der Waals surface area (Å²) in [6.07, 6.45) is 1.38. The number of nitrogen functional groups attached to an aromatic ring is 1. The molecule has 0 bridgehead atoms. The second-order valence-corrected chi connectivity index (χ2v) is 4.60. The van der Waals surface area contributed by atoms with E-state index in [0.29, 0.717) is 30.1 Å². The van der Waals surface area contributed by atoms with Gasteiger partial charge in [0.25, 0.3) is 0 Å². The predicted octanol–water partition coefficient (Wildman–Crippen LogP) is 2.03. The molecule has 0 aliphatic heterocycles. The molecule has 0 aliphatic rings. The number of phenolic OH excluding ortho intramolecular Hbond substituents is 1. The van der Waals surface area contributed by atoms with Crippen molar-refractivity contribution in [2.24, 2.45) is 5.92 Å². The lowest BCUT2D eigenvalue weighted by Gasteiger charge is -2.08. The summed E-state index contributed by atoms with van der Waals surface area (Å²) in [6, 6.07) is 4.82. The quantitative estimate of drug-likeness (QED) is 0.541. The summed E-state index contributed by atoms with van der Waals surface area (Å²) >= 11 is 0. The first-order valence-electron chi connectivity index (χ1n) is 5.83. The van der Waals surface area contributed by atoms with E-state index in [0.717, 1.165) is 6.42 Å². The van der Waals surface area contributed by atoms with Crippen LogP contribution in [0.3, 0.4) is 0 Å². The van der Waals surface area contributed by atoms with Crippen LogP contribution in [0.5, 0.6) is 5.75 Å². The van der Waals surface area contributed by atoms with Gasteiger partial charge in [-0.3, -0.25) is 4.79 Å². The summed E-state index contributed by atoms with van der Waals surface area (Å²) in [4.78, 5) is 11.5. The van der Waals surface area contributed by atoms with Crippen LogP contribution >= 0.6 is 0 Å². The summed E-state index contributed by atoms with van der Waals surface area (Å²) < 4.78 is 0. The van der Waals surface area contributed by atoms with E-state index in [1.807, 2.05) is 0 Å². The number of amides is 1. The van der Waals surface area contributed by atoms with E-state index in [4.69, 9.17) is 5.73 Å². The van der Waals surface area contributed by atoms with Crippen LogP contribution in [0.25, 0.3) is 0 Å². The molecule has 4 nitrogen and oxygen atoms in total. The first-order valence-corrected chi connectivity index (χ1v) is 5.83. The van der Waals surface area contributed by atoms with Crippen LogP contribution in [-0.4, -0.2) is 11.0 Å². The van der Waals surface area contributed by atoms with Crippen LogP contribution < -0.4 is 11.1 Å². The Balaban J connectivity index is 2.44. The number of hydrogen-bond acceptors (Lipinski definition) is 3. The first kappa shape index (κ1) is 13.4. The number of rotatable bonds is 5. The second-order valence-electron chi connectivity index (χ2n) is 4.60. The number of phenols is 1. The van der Waals surface area contributed by atoms with Crippen molar-refractivity contribution in [2.45, 2.75) is 33.2 Å². The zero-order chi connectivity index (χ0) is 12.8. The number of carbonyl (C=O) groups excluding carboxylic acids is 1. The van der Waals surface area contributed by atoms with Gasteiger partial charge >= 0.3 is 0 Å². The molecule has 1 aromatic carbocycles. The SMILES string of the molecule is CC(C)CCC(=O)NCc1cc(N)ccc1O. The third kappa shape index (κ3) is 4.76. The van der Waals surface area contributed by atoms with Gasteiger partial charge in [-0.15, -0.1) is 0 Å². The summed E-state index contributed by atoms with van der Waals surface area (Å²) in [6.45, 7) is 4.47. The van der Waals surface area contributed by atoms with Crippen LogP contribution in [0.4, 0.5) is 5.69 Å². The fourth-order valence-electron chi connectivity index (χ4n) is 1.45. The van der Waals surface area contributed by atoms with E-state index in [-0.39, 0.29) is 11.7 Å². The van der Waals surface area contributed by atoms with Crippen LogP contribution in [-0.2, 0) is 11.3 Å². The molecule has 1 amide bonds. The highest BCUT2D eigenvalue weighted by Gasteiger charge is 2.06. The fraction of sp³-hybridized carbons (Fsp3) is 0.462. The van der Waals surface area contributed by atoms with Gasteiger partial charge in [-0.1, -0.05) is 13.8 Å². The number of anilines is 1. The van der Waals surface area contributed by atoms with E-state index < -0.39 is 0 Å². The number of aromatic hydroxyl groups is 1. The van der Waals surface area contributed by atoms with Gasteiger partial charge in [0.1, 0.15) is 5.75 Å². The summed E-state index contributed by atoms with van der Waals surface area (Å²) in [5.41, 5.74) is 6.83. The molecule has 0 saturated carbocycles. The highest BCUT2D eigenvalue weighted by atomic mass is 16.3. The minimum Gasteiger partial charge on any atom is -0.508 e. The zero-order valence-electron chi connectivity index (χ0n) is 10.4. The van der Waals surface area contributed by atoms with Gasteiger partial charge in [0, 0.05) is 24.2 Å². The second kappa shape index (κ2) is 6.13. The molecule has 0 radical (unpaired) electrons. The standard InChI is InChI=1S/C13H20N2O2/c1-9(2)3-6-13(17)15-8-10-7-11(14)4-5-12(10)16/h4-5,7,9,16H,3,6,8,14H2,1-2H3,(H,15,17). The molecule has 0 aliphatic carbocycles. The highest BCUT2D eigenvalue weighted by molar-refractivity contribution is 5.76. The molecule has 94 valence electrons. The van der Waals surface area contributed by atoms with Crippen LogP contribution in [0.15, 0.2) is 18.2 Å². The van der Waals surface area contributed by atoms with Gasteiger partial charge in [0.15, 0.2) is 0 Å². The van der Waals surface area contributed by atoms with Crippen molar-refractivity contribution in [1.29, 1.82) is 0 Å². The molecule has 0 heterocycles. The number of nitrogens with one attached hydrogen (secondary N) is 1. The largest absolute Gasteiger partial charge is 0.508 e. The van der Waals surface area contributed by atoms with Crippen molar-refractivity contribution >= 4 is 11.6 Å². The molecular weight excluding hydrogens is 216 g/mol. The molecule has 0 fully saturated rings. The van der Waals surface area contributed by atoms with Gasteiger partial charge in [-0.2, -0.15) is 0 Å². The van der Waals surface area contributed by atoms with Crippen LogP contribution in [0.1, 0.15) is 32.3 Å². The zero-order valence-corrected chi connectivity index (χ0v) is 10.4. The lowest BCUT2D eigenvalue weighted by Crippen LogP contribution is -2.22. The van der Waals surface area contributed by atoms with E-state index in [2.05, 4.69) is 19.2 Å². The van der Waals surface area contributed by atoms with Crippen LogP contribution in [0, 0.1) is 5.92 Å². The minimum absolute atomic E-state index is 0.000486. The average Bonchev–Trinajstić information content (AvgIpc) is 2.27. The Kier molecular flexibility index (Phi) is 4.82. The van der Waals surface area contributed by atoms with Crippen molar-refractivity contribution in [3.05, 3.63) is 23.8 Å². The normalized spacial score (nSPS) is 10.5. The van der Waals surface area contributed by atoms with Crippen LogP contribution in [0.2, 0.25) is 0 Å². The molecule has 0 saturated heterocycles. The van der Waals surface area contributed by atoms with Crippen molar-refractivity contribution in [1.82, 2.24) is 5.32 Å². The average molecular weight is 236 g/mol. The molecule has 4 heteroatoms. The Morgan fingerprint density at radius 2 is 2.18 bits per heavy atom. The Hall–Kier alpha value is -1.71. The molecule has 4 N–H and O–H groups in total. The lowest BCUT2D eigenvalue weighted by atomic mass is 10.1. The Bertz CT molecular complexity index is 389. The van der Waals surface area contributed by atoms with Crippen molar-refractivity contribution < 1.29 is 9.90 Å². The Morgan fingerprint density at radius 3 is 2.82 bits per heavy atom. The van der Waals surface area contributed by atoms with E-state index >= 15 is 0 Å². The topological polar surface area (TPSA) is 75.4 Å². The molecule has 1 aromatic rings. The summed E-state index contributed by atoms with van der Waals surface area (Å²) in [5.74, 6) is 0.672. The van der Waals surface area contributed by atoms with Gasteiger partial charge in [0.2, 0.25) is 5.91 Å². The van der Waals surface area contributed by atoms with Gasteiger partial charge in [-0.05, 0) is 30.5 Å². The number of benzene rings is 1. The van der Waals surface area contributed by atoms with Crippen molar-refractivity contribution in [3.63, 3.8) is 0 Å². The maximum atomic E-state index is 11.5. The fourth-order valence-corrected chi connectivity index (χ4v) is 1.45. The van der Waals surface area contributed by atoms with Crippen molar-refractivity contribution in [3.8, 4) is 5.75 Å². The lowest BCUT2D eigenvalue weighted by molar-refractivity contribution is -0.121. The van der Waals surface area contributed by atoms with Gasteiger partial charge < -0.3 is 16.2 Å². The summed E-state index contributed by atoms with van der Waals surface area (Å²) in [5, 5.41) is 12.3. The summed E-state index contributed by atoms with van der Waals surface area (Å²) in [7, 11) is 0. The number of carbonyl (C=O) groups is 1. The molecule has 0 aromatic heterocycles. The van der Waals surface area contributed by atoms with E-state index in [9.17, 15) is 9.90 Å². The monoisotopic (exact) mass is 236 g/mol. The maximum absolute atomic E-state index is 11.5. The Labute approximate surface area is 102 Å². The molecule has 0 atom stereocenters. The minimum atomic E-state index is 0.000486. The first-order chi connectivity index (χ1) is 7.99. The molecule has 17 heavy (non-hydrogen) atoms. The number of hydrogen-bond donors (Lipinski definition) is 3. The molecule has 0 unspecified atom stereocenters. The van der Waals surface area contributed by atoms with E-state index in [1.54, 1.807) is 12.1 Å². The smallest absolute Gasteiger partial charge is 0.220 e. The highest BCUT2D eigenvalue weighted by Crippen LogP contribution is 2.19. The molecule has 1 rings (SSSR count). The van der Waals surface area contributed by atoms with Crippen molar-refractivity contribution in [2.75, 3.05) is 5.73 Å². The van der Waals surface area contributed by atoms with E-state index in [1.165, 1.54) is 6.07 Å². The van der Waals surface area contributed by atoms with Gasteiger partial charge in [-0.25, -0.2) is 0 Å². The third-order valence-electron chi connectivity index (χ3n) is 2.53. The maximum Gasteiger partial charge on any atom is 0.220 e. The van der Waals surface area contributed by atoms with Gasteiger partial charge in [0.05, 0.1) is 0 Å². The molecular formula is C13H20N2O2. The number of nitrogens with two attached hydrogens (primary N) is 1. The third-order valence-corrected chi connectivity index (χ3v) is 2.53. The predicted molar refractivity (Wildman–Crippen MR) is 68.4 cm³/mol. The Morgan fingerprint density at radius 1 is 1.47 bits per heavy atom.